The number of aromatic carboxylic acids is 1. The maximum Gasteiger partial charge on any atom is 0.337 e. The zero-order valence-electron chi connectivity index (χ0n) is 10.6. The van der Waals surface area contributed by atoms with E-state index in [0.717, 1.165) is 5.56 Å². The fraction of sp³-hybridized carbons (Fsp3) is 0.143. The molecule has 0 saturated carbocycles. The Kier molecular flexibility index (Phi) is 3.66. The molecule has 0 aliphatic carbocycles. The van der Waals surface area contributed by atoms with Gasteiger partial charge in [-0.1, -0.05) is 29.8 Å². The van der Waals surface area contributed by atoms with E-state index in [9.17, 15) is 4.79 Å². The van der Waals surface area contributed by atoms with Gasteiger partial charge in [-0.3, -0.25) is 0 Å². The molecule has 0 saturated heterocycles. The molecule has 0 atom stereocenters. The van der Waals surface area contributed by atoms with E-state index >= 15 is 0 Å². The number of hydrogen-bond donors (Lipinski definition) is 3. The molecule has 19 heavy (non-hydrogen) atoms. The van der Waals surface area contributed by atoms with Gasteiger partial charge in [0, 0.05) is 12.7 Å². The van der Waals surface area contributed by atoms with Gasteiger partial charge < -0.3 is 16.2 Å². The van der Waals surface area contributed by atoms with Crippen molar-refractivity contribution in [2.45, 2.75) is 13.5 Å². The van der Waals surface area contributed by atoms with E-state index in [1.54, 1.807) is 0 Å². The Bertz CT molecular complexity index is 594. The van der Waals surface area contributed by atoms with Gasteiger partial charge in [0.25, 0.3) is 0 Å². The summed E-state index contributed by atoms with van der Waals surface area (Å²) in [6.45, 7) is 2.62. The van der Waals surface area contributed by atoms with Gasteiger partial charge in [0.05, 0.1) is 11.3 Å². The Labute approximate surface area is 111 Å². The minimum atomic E-state index is -1.04. The molecule has 1 aromatic heterocycles. The van der Waals surface area contributed by atoms with Crippen LogP contribution in [-0.4, -0.2) is 16.1 Å². The lowest BCUT2D eigenvalue weighted by Gasteiger charge is -2.09. The molecule has 5 heteroatoms. The third-order valence-corrected chi connectivity index (χ3v) is 2.74. The summed E-state index contributed by atoms with van der Waals surface area (Å²) in [7, 11) is 0. The number of carboxylic acid groups (broad SMARTS) is 1. The fourth-order valence-corrected chi connectivity index (χ4v) is 1.64. The van der Waals surface area contributed by atoms with Crippen LogP contribution in [0.5, 0.6) is 0 Å². The van der Waals surface area contributed by atoms with Gasteiger partial charge in [0.1, 0.15) is 5.82 Å². The van der Waals surface area contributed by atoms with E-state index in [1.807, 2.05) is 31.2 Å². The fourth-order valence-electron chi connectivity index (χ4n) is 1.64. The Hall–Kier alpha value is -2.56. The summed E-state index contributed by atoms with van der Waals surface area (Å²) in [6.07, 6.45) is 1.29. The topological polar surface area (TPSA) is 88.2 Å². The number of rotatable bonds is 4. The third-order valence-electron chi connectivity index (χ3n) is 2.74. The first-order chi connectivity index (χ1) is 9.06. The quantitative estimate of drug-likeness (QED) is 0.782. The van der Waals surface area contributed by atoms with E-state index < -0.39 is 5.97 Å². The van der Waals surface area contributed by atoms with Crippen LogP contribution >= 0.6 is 0 Å². The summed E-state index contributed by atoms with van der Waals surface area (Å²) in [5, 5.41) is 11.9. The van der Waals surface area contributed by atoms with Gasteiger partial charge in [-0.15, -0.1) is 0 Å². The Balaban J connectivity index is 2.07. The van der Waals surface area contributed by atoms with Crippen LogP contribution in [0.2, 0.25) is 0 Å². The van der Waals surface area contributed by atoms with Crippen molar-refractivity contribution in [1.82, 2.24) is 4.98 Å². The first-order valence-corrected chi connectivity index (χ1v) is 5.84. The highest BCUT2D eigenvalue weighted by atomic mass is 16.4. The zero-order valence-corrected chi connectivity index (χ0v) is 10.6. The van der Waals surface area contributed by atoms with Crippen LogP contribution in [-0.2, 0) is 6.54 Å². The number of aromatic nitrogens is 1. The maximum atomic E-state index is 10.8. The number of nitrogens with two attached hydrogens (primary N) is 1. The predicted octanol–water partition coefficient (Wildman–Crippen LogP) is 2.28. The molecule has 2 rings (SSSR count). The molecular formula is C14H15N3O2. The van der Waals surface area contributed by atoms with Crippen LogP contribution in [0, 0.1) is 6.92 Å². The van der Waals surface area contributed by atoms with Crippen molar-refractivity contribution in [3.63, 3.8) is 0 Å². The lowest BCUT2D eigenvalue weighted by Crippen LogP contribution is -2.07. The van der Waals surface area contributed by atoms with Crippen molar-refractivity contribution in [2.24, 2.45) is 0 Å². The van der Waals surface area contributed by atoms with E-state index in [-0.39, 0.29) is 5.56 Å². The number of aryl methyl sites for hydroxylation is 1. The SMILES string of the molecule is Cc1ccc(CNc2ncc(C(=O)O)cc2N)cc1. The van der Waals surface area contributed by atoms with E-state index in [1.165, 1.54) is 17.8 Å². The number of anilines is 2. The molecule has 0 aliphatic rings. The number of pyridine rings is 1. The summed E-state index contributed by atoms with van der Waals surface area (Å²) in [5.41, 5.74) is 8.47. The number of nitrogen functional groups attached to an aromatic ring is 1. The number of nitrogens with zero attached hydrogens (tertiary/aromatic N) is 1. The van der Waals surface area contributed by atoms with E-state index in [4.69, 9.17) is 10.8 Å². The molecule has 0 spiro atoms. The minimum absolute atomic E-state index is 0.0818. The summed E-state index contributed by atoms with van der Waals surface area (Å²) in [6, 6.07) is 9.49. The standard InChI is InChI=1S/C14H15N3O2/c1-9-2-4-10(5-3-9)7-16-13-12(15)6-11(8-17-13)14(18)19/h2-6,8H,7,15H2,1H3,(H,16,17)(H,18,19). The van der Waals surface area contributed by atoms with Gasteiger partial charge in [-0.05, 0) is 18.6 Å². The highest BCUT2D eigenvalue weighted by Crippen LogP contribution is 2.17. The maximum absolute atomic E-state index is 10.8. The summed E-state index contributed by atoms with van der Waals surface area (Å²) < 4.78 is 0. The molecule has 0 amide bonds. The summed E-state index contributed by atoms with van der Waals surface area (Å²) in [4.78, 5) is 14.8. The van der Waals surface area contributed by atoms with Gasteiger partial charge >= 0.3 is 5.97 Å². The Morgan fingerprint density at radius 2 is 2.05 bits per heavy atom. The lowest BCUT2D eigenvalue weighted by molar-refractivity contribution is 0.0696. The molecule has 0 unspecified atom stereocenters. The van der Waals surface area contributed by atoms with Crippen LogP contribution in [0.15, 0.2) is 36.5 Å². The van der Waals surface area contributed by atoms with Crippen molar-refractivity contribution in [2.75, 3.05) is 11.1 Å². The largest absolute Gasteiger partial charge is 0.478 e. The molecule has 0 radical (unpaired) electrons. The van der Waals surface area contributed by atoms with E-state index in [0.29, 0.717) is 18.1 Å². The monoisotopic (exact) mass is 257 g/mol. The second-order valence-corrected chi connectivity index (χ2v) is 4.31. The average molecular weight is 257 g/mol. The van der Waals surface area contributed by atoms with Crippen LogP contribution in [0.3, 0.4) is 0 Å². The minimum Gasteiger partial charge on any atom is -0.478 e. The van der Waals surface area contributed by atoms with Crippen molar-refractivity contribution < 1.29 is 9.90 Å². The van der Waals surface area contributed by atoms with Gasteiger partial charge in [0.15, 0.2) is 0 Å². The number of carbonyl (C=O) groups is 1. The summed E-state index contributed by atoms with van der Waals surface area (Å²) >= 11 is 0. The second kappa shape index (κ2) is 5.39. The molecule has 2 aromatic rings. The molecule has 98 valence electrons. The van der Waals surface area contributed by atoms with Crippen molar-refractivity contribution >= 4 is 17.5 Å². The molecule has 4 N–H and O–H groups in total. The molecule has 1 aromatic carbocycles. The van der Waals surface area contributed by atoms with Crippen molar-refractivity contribution in [3.8, 4) is 0 Å². The van der Waals surface area contributed by atoms with Gasteiger partial charge in [-0.25, -0.2) is 9.78 Å². The first kappa shape index (κ1) is 12.9. The predicted molar refractivity (Wildman–Crippen MR) is 74.1 cm³/mol. The molecular weight excluding hydrogens is 242 g/mol. The van der Waals surface area contributed by atoms with Gasteiger partial charge in [-0.2, -0.15) is 0 Å². The molecule has 1 heterocycles. The zero-order chi connectivity index (χ0) is 13.8. The van der Waals surface area contributed by atoms with Crippen LogP contribution in [0.4, 0.5) is 11.5 Å². The van der Waals surface area contributed by atoms with E-state index in [2.05, 4.69) is 10.3 Å². The highest BCUT2D eigenvalue weighted by Gasteiger charge is 2.07. The van der Waals surface area contributed by atoms with Crippen LogP contribution < -0.4 is 11.1 Å². The number of benzene rings is 1. The van der Waals surface area contributed by atoms with Crippen molar-refractivity contribution in [1.29, 1.82) is 0 Å². The summed E-state index contributed by atoms with van der Waals surface area (Å²) in [5.74, 6) is -0.546. The van der Waals surface area contributed by atoms with Crippen LogP contribution in [0.25, 0.3) is 0 Å². The second-order valence-electron chi connectivity index (χ2n) is 4.31. The first-order valence-electron chi connectivity index (χ1n) is 5.84. The van der Waals surface area contributed by atoms with Crippen LogP contribution in [0.1, 0.15) is 21.5 Å². The normalized spacial score (nSPS) is 10.2. The molecule has 0 fully saturated rings. The molecule has 0 aliphatic heterocycles. The molecule has 0 bridgehead atoms. The smallest absolute Gasteiger partial charge is 0.337 e. The Morgan fingerprint density at radius 1 is 1.37 bits per heavy atom. The van der Waals surface area contributed by atoms with Crippen molar-refractivity contribution in [3.05, 3.63) is 53.2 Å². The lowest BCUT2D eigenvalue weighted by atomic mass is 10.1. The number of nitrogens with one attached hydrogen (secondary N) is 1. The van der Waals surface area contributed by atoms with Gasteiger partial charge in [0.2, 0.25) is 0 Å². The third kappa shape index (κ3) is 3.22. The number of hydrogen-bond acceptors (Lipinski definition) is 4. The number of carboxylic acids is 1. The highest BCUT2D eigenvalue weighted by molar-refractivity contribution is 5.89. The Morgan fingerprint density at radius 3 is 2.63 bits per heavy atom. The molecule has 5 nitrogen and oxygen atoms in total. The average Bonchev–Trinajstić information content (AvgIpc) is 2.39.